The fourth-order valence-electron chi connectivity index (χ4n) is 1.71. The van der Waals surface area contributed by atoms with Crippen LogP contribution >= 0.6 is 0 Å². The van der Waals surface area contributed by atoms with Gasteiger partial charge in [0.15, 0.2) is 0 Å². The fraction of sp³-hybridized carbons (Fsp3) is 0.818. The highest BCUT2D eigenvalue weighted by Crippen LogP contribution is 2.15. The first-order valence-electron chi connectivity index (χ1n) is 5.66. The molecule has 1 amide bonds. The summed E-state index contributed by atoms with van der Waals surface area (Å²) in [5.74, 6) is -0.501. The Morgan fingerprint density at radius 2 is 2.19 bits per heavy atom. The summed E-state index contributed by atoms with van der Waals surface area (Å²) in [6.45, 7) is 2.97. The molecule has 1 aliphatic heterocycles. The van der Waals surface area contributed by atoms with Crippen molar-refractivity contribution in [3.8, 4) is 0 Å². The fourth-order valence-corrected chi connectivity index (χ4v) is 1.71. The van der Waals surface area contributed by atoms with E-state index in [0.29, 0.717) is 13.2 Å². The third-order valence-electron chi connectivity index (χ3n) is 2.70. The maximum Gasteiger partial charge on any atom is 0.325 e. The average molecular weight is 229 g/mol. The summed E-state index contributed by atoms with van der Waals surface area (Å²) in [7, 11) is 1.32. The molecule has 0 spiro atoms. The van der Waals surface area contributed by atoms with Crippen LogP contribution in [-0.2, 0) is 19.1 Å². The smallest absolute Gasteiger partial charge is 0.325 e. The van der Waals surface area contributed by atoms with Crippen molar-refractivity contribution in [2.24, 2.45) is 0 Å². The first-order chi connectivity index (χ1) is 7.69. The van der Waals surface area contributed by atoms with E-state index in [9.17, 15) is 9.59 Å². The van der Waals surface area contributed by atoms with Crippen molar-refractivity contribution < 1.29 is 19.1 Å². The van der Waals surface area contributed by atoms with Gasteiger partial charge in [0.2, 0.25) is 0 Å². The van der Waals surface area contributed by atoms with E-state index in [1.165, 1.54) is 12.0 Å². The molecule has 1 fully saturated rings. The molecule has 0 aromatic heterocycles. The van der Waals surface area contributed by atoms with Crippen LogP contribution in [0.1, 0.15) is 26.2 Å². The molecular weight excluding hydrogens is 210 g/mol. The Morgan fingerprint density at radius 3 is 2.69 bits per heavy atom. The number of nitrogens with zero attached hydrogens (tertiary/aromatic N) is 1. The van der Waals surface area contributed by atoms with Crippen LogP contribution in [-0.4, -0.2) is 49.7 Å². The number of rotatable bonds is 4. The lowest BCUT2D eigenvalue weighted by Gasteiger charge is -2.27. The van der Waals surface area contributed by atoms with E-state index in [1.54, 1.807) is 0 Å². The first-order valence-corrected chi connectivity index (χ1v) is 5.66. The van der Waals surface area contributed by atoms with Gasteiger partial charge in [-0.05, 0) is 26.2 Å². The van der Waals surface area contributed by atoms with Crippen LogP contribution in [0.25, 0.3) is 0 Å². The molecule has 0 radical (unpaired) electrons. The Morgan fingerprint density at radius 1 is 1.44 bits per heavy atom. The second-order valence-corrected chi connectivity index (χ2v) is 3.78. The molecule has 1 unspecified atom stereocenters. The lowest BCUT2D eigenvalue weighted by atomic mass is 10.1. The number of carbonyl (C=O) groups excluding carboxylic acids is 2. The number of hydrogen-bond acceptors (Lipinski definition) is 4. The molecule has 1 heterocycles. The van der Waals surface area contributed by atoms with Crippen LogP contribution in [0, 0.1) is 0 Å². The number of esters is 1. The third-order valence-corrected chi connectivity index (χ3v) is 2.70. The van der Waals surface area contributed by atoms with Crippen LogP contribution in [0.3, 0.4) is 0 Å². The molecule has 0 aromatic carbocycles. The van der Waals surface area contributed by atoms with Crippen molar-refractivity contribution in [3.05, 3.63) is 0 Å². The van der Waals surface area contributed by atoms with Gasteiger partial charge < -0.3 is 14.4 Å². The summed E-state index contributed by atoms with van der Waals surface area (Å²) in [6, 6.07) is 0. The predicted molar refractivity (Wildman–Crippen MR) is 57.9 cm³/mol. The zero-order valence-corrected chi connectivity index (χ0v) is 9.90. The van der Waals surface area contributed by atoms with E-state index >= 15 is 0 Å². The molecule has 16 heavy (non-hydrogen) atoms. The van der Waals surface area contributed by atoms with Crippen LogP contribution in [0.2, 0.25) is 0 Å². The van der Waals surface area contributed by atoms with Crippen LogP contribution in [0.4, 0.5) is 0 Å². The number of hydrogen-bond donors (Lipinski definition) is 0. The first kappa shape index (κ1) is 13.0. The van der Waals surface area contributed by atoms with Crippen molar-refractivity contribution in [1.82, 2.24) is 4.90 Å². The second kappa shape index (κ2) is 6.48. The van der Waals surface area contributed by atoms with E-state index in [2.05, 4.69) is 4.74 Å². The van der Waals surface area contributed by atoms with E-state index in [-0.39, 0.29) is 18.6 Å². The van der Waals surface area contributed by atoms with Gasteiger partial charge in [-0.1, -0.05) is 0 Å². The number of methoxy groups -OCH3 is 1. The highest BCUT2D eigenvalue weighted by Gasteiger charge is 2.27. The number of likely N-dealkylation sites (N-methyl/N-ethyl adjacent to an activating group) is 1. The number of amides is 1. The molecule has 0 saturated carbocycles. The Balaban J connectivity index is 2.50. The Kier molecular flexibility index (Phi) is 5.25. The highest BCUT2D eigenvalue weighted by molar-refractivity contribution is 5.85. The topological polar surface area (TPSA) is 55.8 Å². The monoisotopic (exact) mass is 229 g/mol. The van der Waals surface area contributed by atoms with E-state index < -0.39 is 5.97 Å². The van der Waals surface area contributed by atoms with Crippen molar-refractivity contribution in [2.45, 2.75) is 32.3 Å². The van der Waals surface area contributed by atoms with Crippen molar-refractivity contribution in [1.29, 1.82) is 0 Å². The molecule has 92 valence electrons. The molecule has 5 nitrogen and oxygen atoms in total. The van der Waals surface area contributed by atoms with E-state index in [1.807, 2.05) is 6.92 Å². The minimum absolute atomic E-state index is 0.00565. The standard InChI is InChI=1S/C11H19NO4/c1-3-12(8-10(13)15-2)11(14)9-6-4-5-7-16-9/h9H,3-8H2,1-2H3. The quantitative estimate of drug-likeness (QED) is 0.662. The Labute approximate surface area is 95.7 Å². The van der Waals surface area contributed by atoms with Crippen LogP contribution in [0.5, 0.6) is 0 Å². The van der Waals surface area contributed by atoms with Crippen molar-refractivity contribution in [3.63, 3.8) is 0 Å². The van der Waals surface area contributed by atoms with Gasteiger partial charge in [-0.15, -0.1) is 0 Å². The van der Waals surface area contributed by atoms with Gasteiger partial charge in [0.25, 0.3) is 5.91 Å². The summed E-state index contributed by atoms with van der Waals surface area (Å²) < 4.78 is 9.94. The molecule has 0 aromatic rings. The number of ether oxygens (including phenoxy) is 2. The molecule has 0 bridgehead atoms. The van der Waals surface area contributed by atoms with Crippen LogP contribution in [0.15, 0.2) is 0 Å². The highest BCUT2D eigenvalue weighted by atomic mass is 16.5. The average Bonchev–Trinajstić information content (AvgIpc) is 2.35. The van der Waals surface area contributed by atoms with Gasteiger partial charge in [0.05, 0.1) is 7.11 Å². The Bertz CT molecular complexity index is 248. The van der Waals surface area contributed by atoms with Gasteiger partial charge in [-0.25, -0.2) is 0 Å². The van der Waals surface area contributed by atoms with Gasteiger partial charge in [-0.2, -0.15) is 0 Å². The number of carbonyl (C=O) groups is 2. The molecular formula is C11H19NO4. The maximum absolute atomic E-state index is 12.0. The van der Waals surface area contributed by atoms with Crippen molar-refractivity contribution >= 4 is 11.9 Å². The van der Waals surface area contributed by atoms with Gasteiger partial charge in [-0.3, -0.25) is 9.59 Å². The van der Waals surface area contributed by atoms with Crippen LogP contribution < -0.4 is 0 Å². The molecule has 0 aliphatic carbocycles. The molecule has 5 heteroatoms. The minimum Gasteiger partial charge on any atom is -0.468 e. The summed E-state index contributed by atoms with van der Waals surface area (Å²) in [4.78, 5) is 24.6. The summed E-state index contributed by atoms with van der Waals surface area (Å²) >= 11 is 0. The molecule has 1 saturated heterocycles. The van der Waals surface area contributed by atoms with Gasteiger partial charge in [0, 0.05) is 13.2 Å². The van der Waals surface area contributed by atoms with Crippen molar-refractivity contribution in [2.75, 3.05) is 26.8 Å². The molecule has 1 rings (SSSR count). The second-order valence-electron chi connectivity index (χ2n) is 3.78. The molecule has 1 atom stereocenters. The largest absolute Gasteiger partial charge is 0.468 e. The minimum atomic E-state index is -0.397. The van der Waals surface area contributed by atoms with Gasteiger partial charge >= 0.3 is 5.97 Å². The lowest BCUT2D eigenvalue weighted by molar-refractivity contribution is -0.153. The summed E-state index contributed by atoms with van der Waals surface area (Å²) in [6.07, 6.45) is 2.38. The third kappa shape index (κ3) is 3.48. The van der Waals surface area contributed by atoms with E-state index in [0.717, 1.165) is 19.3 Å². The Hall–Kier alpha value is -1.10. The van der Waals surface area contributed by atoms with E-state index in [4.69, 9.17) is 4.74 Å². The molecule has 0 N–H and O–H groups in total. The predicted octanol–water partition coefficient (Wildman–Crippen LogP) is 0.577. The SMILES string of the molecule is CCN(CC(=O)OC)C(=O)C1CCCCO1. The molecule has 1 aliphatic rings. The summed E-state index contributed by atoms with van der Waals surface area (Å²) in [5, 5.41) is 0. The zero-order valence-electron chi connectivity index (χ0n) is 9.90. The van der Waals surface area contributed by atoms with Gasteiger partial charge in [0.1, 0.15) is 12.6 Å². The summed E-state index contributed by atoms with van der Waals surface area (Å²) in [5.41, 5.74) is 0. The normalized spacial score (nSPS) is 20.2. The lowest BCUT2D eigenvalue weighted by Crippen LogP contribution is -2.44. The maximum atomic E-state index is 12.0. The zero-order chi connectivity index (χ0) is 12.0.